The highest BCUT2D eigenvalue weighted by molar-refractivity contribution is 5.25. The van der Waals surface area contributed by atoms with E-state index in [0.717, 1.165) is 19.5 Å². The van der Waals surface area contributed by atoms with Gasteiger partial charge in [-0.3, -0.25) is 9.80 Å². The van der Waals surface area contributed by atoms with Crippen molar-refractivity contribution in [1.29, 1.82) is 0 Å². The van der Waals surface area contributed by atoms with E-state index in [1.54, 1.807) is 0 Å². The minimum atomic E-state index is 0.363. The second-order valence-electron chi connectivity index (χ2n) is 6.23. The van der Waals surface area contributed by atoms with E-state index < -0.39 is 0 Å². The number of nitrogens with two attached hydrogens (primary N) is 1. The van der Waals surface area contributed by atoms with Gasteiger partial charge in [0.25, 0.3) is 0 Å². The van der Waals surface area contributed by atoms with Crippen LogP contribution in [0.5, 0.6) is 0 Å². The molecule has 118 valence electrons. The molecular weight excluding hydrogens is 258 g/mol. The number of nitrogens with zero attached hydrogens (tertiary/aromatic N) is 2. The van der Waals surface area contributed by atoms with Crippen molar-refractivity contribution in [1.82, 2.24) is 9.80 Å². The highest BCUT2D eigenvalue weighted by atomic mass is 15.3. The van der Waals surface area contributed by atoms with Gasteiger partial charge < -0.3 is 5.73 Å². The average molecular weight is 289 g/mol. The van der Waals surface area contributed by atoms with Crippen molar-refractivity contribution in [2.45, 2.75) is 45.7 Å². The van der Waals surface area contributed by atoms with Crippen LogP contribution in [0.15, 0.2) is 24.3 Å². The summed E-state index contributed by atoms with van der Waals surface area (Å²) in [4.78, 5) is 5.17. The second-order valence-corrected chi connectivity index (χ2v) is 6.23. The van der Waals surface area contributed by atoms with Gasteiger partial charge in [0.2, 0.25) is 0 Å². The maximum Gasteiger partial charge on any atom is 0.0471 e. The fourth-order valence-electron chi connectivity index (χ4n) is 3.40. The molecule has 2 rings (SSSR count). The maximum atomic E-state index is 6.09. The first-order valence-electron chi connectivity index (χ1n) is 8.46. The molecule has 0 saturated carbocycles. The van der Waals surface area contributed by atoms with Crippen molar-refractivity contribution in [3.8, 4) is 0 Å². The number of rotatable bonds is 6. The summed E-state index contributed by atoms with van der Waals surface area (Å²) in [6.45, 7) is 12.1. The molecule has 0 aliphatic carbocycles. The van der Waals surface area contributed by atoms with Gasteiger partial charge in [-0.25, -0.2) is 0 Å². The molecule has 2 atom stereocenters. The largest absolute Gasteiger partial charge is 0.329 e. The number of hydrogen-bond acceptors (Lipinski definition) is 3. The van der Waals surface area contributed by atoms with Gasteiger partial charge in [0.05, 0.1) is 0 Å². The molecule has 1 heterocycles. The second kappa shape index (κ2) is 7.92. The van der Waals surface area contributed by atoms with Gasteiger partial charge in [0.15, 0.2) is 0 Å². The zero-order valence-electron chi connectivity index (χ0n) is 13.9. The third-order valence-electron chi connectivity index (χ3n) is 4.74. The summed E-state index contributed by atoms with van der Waals surface area (Å²) in [5.74, 6) is 0. The molecule has 2 N–H and O–H groups in total. The minimum absolute atomic E-state index is 0.363. The van der Waals surface area contributed by atoms with Crippen LogP contribution >= 0.6 is 0 Å². The first kappa shape index (κ1) is 16.5. The Kier molecular flexibility index (Phi) is 6.22. The normalized spacial score (nSPS) is 22.4. The number of hydrogen-bond donors (Lipinski definition) is 1. The molecule has 0 radical (unpaired) electrons. The van der Waals surface area contributed by atoms with Crippen molar-refractivity contribution in [2.24, 2.45) is 5.73 Å². The maximum absolute atomic E-state index is 6.09. The van der Waals surface area contributed by atoms with E-state index in [1.165, 1.54) is 30.6 Å². The van der Waals surface area contributed by atoms with E-state index in [1.807, 2.05) is 0 Å². The van der Waals surface area contributed by atoms with Crippen molar-refractivity contribution >= 4 is 0 Å². The van der Waals surface area contributed by atoms with E-state index in [2.05, 4.69) is 54.8 Å². The van der Waals surface area contributed by atoms with Crippen LogP contribution in [0.3, 0.4) is 0 Å². The molecular formula is C18H31N3. The number of aryl methyl sites for hydroxylation is 1. The summed E-state index contributed by atoms with van der Waals surface area (Å²) in [6, 6.07) is 10.0. The fraction of sp³-hybridized carbons (Fsp3) is 0.667. The molecule has 1 aliphatic rings. The highest BCUT2D eigenvalue weighted by Gasteiger charge is 2.27. The lowest BCUT2D eigenvalue weighted by Gasteiger charge is -2.43. The monoisotopic (exact) mass is 289 g/mol. The Hall–Kier alpha value is -0.900. The Labute approximate surface area is 130 Å². The lowest BCUT2D eigenvalue weighted by atomic mass is 10.0. The third-order valence-corrected chi connectivity index (χ3v) is 4.74. The number of benzene rings is 1. The zero-order valence-corrected chi connectivity index (χ0v) is 13.9. The fourth-order valence-corrected chi connectivity index (χ4v) is 3.40. The van der Waals surface area contributed by atoms with E-state index in [9.17, 15) is 0 Å². The third kappa shape index (κ3) is 4.06. The lowest BCUT2D eigenvalue weighted by molar-refractivity contribution is 0.0572. The molecule has 2 unspecified atom stereocenters. The van der Waals surface area contributed by atoms with Crippen molar-refractivity contribution in [3.05, 3.63) is 35.4 Å². The van der Waals surface area contributed by atoms with E-state index in [0.29, 0.717) is 18.6 Å². The van der Waals surface area contributed by atoms with Crippen LogP contribution in [0.1, 0.15) is 44.4 Å². The minimum Gasteiger partial charge on any atom is -0.329 e. The van der Waals surface area contributed by atoms with Crippen LogP contribution in [-0.2, 0) is 6.42 Å². The number of piperazine rings is 1. The van der Waals surface area contributed by atoms with E-state index in [4.69, 9.17) is 5.73 Å². The predicted molar refractivity (Wildman–Crippen MR) is 90.5 cm³/mol. The molecule has 1 aromatic carbocycles. The molecule has 3 nitrogen and oxygen atoms in total. The van der Waals surface area contributed by atoms with Crippen LogP contribution in [0.25, 0.3) is 0 Å². The van der Waals surface area contributed by atoms with Crippen LogP contribution < -0.4 is 5.73 Å². The van der Waals surface area contributed by atoms with Crippen molar-refractivity contribution in [3.63, 3.8) is 0 Å². The molecule has 0 bridgehead atoms. The SMILES string of the molecule is CCCN1CCN(C(CN)c2ccc(CC)cc2)CC1C. The standard InChI is InChI=1S/C18H31N3/c1-4-10-20-11-12-21(14-15(20)3)18(13-19)17-8-6-16(5-2)7-9-17/h6-9,15,18H,4-5,10-14,19H2,1-3H3. The first-order chi connectivity index (χ1) is 10.2. The first-order valence-corrected chi connectivity index (χ1v) is 8.46. The van der Waals surface area contributed by atoms with Crippen molar-refractivity contribution < 1.29 is 0 Å². The smallest absolute Gasteiger partial charge is 0.0471 e. The summed E-state index contributed by atoms with van der Waals surface area (Å²) < 4.78 is 0. The molecule has 0 amide bonds. The zero-order chi connectivity index (χ0) is 15.2. The molecule has 1 aromatic rings. The van der Waals surface area contributed by atoms with Gasteiger partial charge in [-0.15, -0.1) is 0 Å². The van der Waals surface area contributed by atoms with Crippen LogP contribution in [-0.4, -0.2) is 48.6 Å². The molecule has 0 aromatic heterocycles. The summed E-state index contributed by atoms with van der Waals surface area (Å²) >= 11 is 0. The predicted octanol–water partition coefficient (Wildman–Crippen LogP) is 2.66. The molecule has 3 heteroatoms. The summed E-state index contributed by atoms with van der Waals surface area (Å²) in [6.07, 6.45) is 2.34. The van der Waals surface area contributed by atoms with Crippen LogP contribution in [0.4, 0.5) is 0 Å². The van der Waals surface area contributed by atoms with Gasteiger partial charge in [-0.05, 0) is 37.4 Å². The average Bonchev–Trinajstić information content (AvgIpc) is 2.51. The summed E-state index contributed by atoms with van der Waals surface area (Å²) in [7, 11) is 0. The van der Waals surface area contributed by atoms with Gasteiger partial charge in [0, 0.05) is 38.3 Å². The van der Waals surface area contributed by atoms with Gasteiger partial charge in [-0.1, -0.05) is 38.1 Å². The van der Waals surface area contributed by atoms with E-state index >= 15 is 0 Å². The Balaban J connectivity index is 2.04. The lowest BCUT2D eigenvalue weighted by Crippen LogP contribution is -2.53. The van der Waals surface area contributed by atoms with Crippen molar-refractivity contribution in [2.75, 3.05) is 32.7 Å². The molecule has 1 fully saturated rings. The molecule has 1 saturated heterocycles. The topological polar surface area (TPSA) is 32.5 Å². The van der Waals surface area contributed by atoms with Crippen LogP contribution in [0, 0.1) is 0 Å². The Bertz CT molecular complexity index is 415. The summed E-state index contributed by atoms with van der Waals surface area (Å²) in [5, 5.41) is 0. The molecule has 21 heavy (non-hydrogen) atoms. The van der Waals surface area contributed by atoms with E-state index in [-0.39, 0.29) is 0 Å². The van der Waals surface area contributed by atoms with Gasteiger partial charge >= 0.3 is 0 Å². The molecule has 1 aliphatic heterocycles. The van der Waals surface area contributed by atoms with Crippen LogP contribution in [0.2, 0.25) is 0 Å². The quantitative estimate of drug-likeness (QED) is 0.874. The highest BCUT2D eigenvalue weighted by Crippen LogP contribution is 2.23. The molecule has 0 spiro atoms. The van der Waals surface area contributed by atoms with Gasteiger partial charge in [0.1, 0.15) is 0 Å². The Morgan fingerprint density at radius 2 is 1.90 bits per heavy atom. The summed E-state index contributed by atoms with van der Waals surface area (Å²) in [5.41, 5.74) is 8.85. The van der Waals surface area contributed by atoms with Gasteiger partial charge in [-0.2, -0.15) is 0 Å². The Morgan fingerprint density at radius 1 is 1.19 bits per heavy atom. The Morgan fingerprint density at radius 3 is 2.43 bits per heavy atom.